The Hall–Kier alpha value is -3.16. The van der Waals surface area contributed by atoms with Crippen molar-refractivity contribution in [3.05, 3.63) is 81.8 Å². The average Bonchev–Trinajstić information content (AvgIpc) is 3.40. The third-order valence-corrected chi connectivity index (χ3v) is 5.36. The van der Waals surface area contributed by atoms with E-state index in [-0.39, 0.29) is 11.6 Å². The van der Waals surface area contributed by atoms with Crippen LogP contribution < -0.4 is 11.1 Å². The zero-order valence-corrected chi connectivity index (χ0v) is 17.0. The number of nitrogens with zero attached hydrogens (tertiary/aromatic N) is 3. The van der Waals surface area contributed by atoms with Crippen molar-refractivity contribution in [2.24, 2.45) is 0 Å². The highest BCUT2D eigenvalue weighted by atomic mass is 35.5. The highest BCUT2D eigenvalue weighted by molar-refractivity contribution is 7.08. The first kappa shape index (κ1) is 19.2. The minimum absolute atomic E-state index is 0.233. The van der Waals surface area contributed by atoms with Crippen LogP contribution in [0.3, 0.4) is 0 Å². The molecule has 6 nitrogen and oxygen atoms in total. The fraction of sp³-hybridized carbons (Fsp3) is 0.0952. The molecule has 4 rings (SSSR count). The van der Waals surface area contributed by atoms with Crippen molar-refractivity contribution in [2.75, 3.05) is 11.1 Å². The van der Waals surface area contributed by atoms with E-state index in [1.165, 1.54) is 0 Å². The van der Waals surface area contributed by atoms with Gasteiger partial charge in [0.1, 0.15) is 0 Å². The third kappa shape index (κ3) is 4.64. The Kier molecular flexibility index (Phi) is 5.59. The van der Waals surface area contributed by atoms with Crippen LogP contribution in [0.15, 0.2) is 65.5 Å². The Morgan fingerprint density at radius 3 is 2.86 bits per heavy atom. The highest BCUT2D eigenvalue weighted by Crippen LogP contribution is 2.28. The summed E-state index contributed by atoms with van der Waals surface area (Å²) in [7, 11) is 0. The van der Waals surface area contributed by atoms with Crippen LogP contribution in [0.25, 0.3) is 11.1 Å². The number of aryl methyl sites for hydroxylation is 2. The minimum atomic E-state index is -0.354. The van der Waals surface area contributed by atoms with Gasteiger partial charge in [0.15, 0.2) is 5.69 Å². The first-order valence-corrected chi connectivity index (χ1v) is 10.3. The van der Waals surface area contributed by atoms with E-state index in [2.05, 4.69) is 15.6 Å². The monoisotopic (exact) mass is 423 g/mol. The number of hydrogen-bond acceptors (Lipinski definition) is 5. The van der Waals surface area contributed by atoms with Gasteiger partial charge in [0.2, 0.25) is 0 Å². The van der Waals surface area contributed by atoms with Gasteiger partial charge in [-0.25, -0.2) is 0 Å². The van der Waals surface area contributed by atoms with Gasteiger partial charge in [-0.15, -0.1) is 5.10 Å². The zero-order chi connectivity index (χ0) is 20.2. The molecule has 0 bridgehead atoms. The van der Waals surface area contributed by atoms with E-state index in [9.17, 15) is 4.79 Å². The number of anilines is 2. The van der Waals surface area contributed by atoms with Gasteiger partial charge in [-0.1, -0.05) is 35.0 Å². The summed E-state index contributed by atoms with van der Waals surface area (Å²) < 4.78 is 1.64. The van der Waals surface area contributed by atoms with E-state index in [0.717, 1.165) is 23.1 Å². The third-order valence-electron chi connectivity index (χ3n) is 4.45. The molecule has 2 aromatic carbocycles. The van der Waals surface area contributed by atoms with E-state index in [0.29, 0.717) is 22.9 Å². The van der Waals surface area contributed by atoms with Crippen LogP contribution in [-0.2, 0) is 13.0 Å². The van der Waals surface area contributed by atoms with Crippen molar-refractivity contribution in [2.45, 2.75) is 13.0 Å². The molecule has 0 spiro atoms. The maximum atomic E-state index is 12.6. The lowest BCUT2D eigenvalue weighted by Gasteiger charge is -2.09. The number of hydrogen-bond donors (Lipinski definition) is 2. The Morgan fingerprint density at radius 1 is 1.17 bits per heavy atom. The van der Waals surface area contributed by atoms with Crippen LogP contribution in [-0.4, -0.2) is 20.9 Å². The fourth-order valence-corrected chi connectivity index (χ4v) is 3.78. The van der Waals surface area contributed by atoms with Crippen LogP contribution in [0.2, 0.25) is 5.02 Å². The second kappa shape index (κ2) is 8.46. The number of halogens is 1. The molecule has 0 saturated carbocycles. The number of rotatable bonds is 6. The number of nitrogens with one attached hydrogen (secondary N) is 1. The lowest BCUT2D eigenvalue weighted by Crippen LogP contribution is -2.13. The topological polar surface area (TPSA) is 85.8 Å². The van der Waals surface area contributed by atoms with Crippen molar-refractivity contribution >= 4 is 40.2 Å². The summed E-state index contributed by atoms with van der Waals surface area (Å²) in [6, 6.07) is 15.2. The van der Waals surface area contributed by atoms with Gasteiger partial charge in [-0.05, 0) is 64.2 Å². The van der Waals surface area contributed by atoms with Gasteiger partial charge < -0.3 is 11.1 Å². The van der Waals surface area contributed by atoms with Crippen molar-refractivity contribution in [3.63, 3.8) is 0 Å². The van der Waals surface area contributed by atoms with E-state index in [1.807, 2.05) is 53.2 Å². The lowest BCUT2D eigenvalue weighted by molar-refractivity contribution is 0.102. The number of aromatic nitrogens is 3. The van der Waals surface area contributed by atoms with Gasteiger partial charge in [0.05, 0.1) is 17.6 Å². The van der Waals surface area contributed by atoms with Gasteiger partial charge >= 0.3 is 0 Å². The molecule has 0 aliphatic carbocycles. The van der Waals surface area contributed by atoms with Crippen LogP contribution in [0, 0.1) is 0 Å². The van der Waals surface area contributed by atoms with Gasteiger partial charge in [-0.2, -0.15) is 11.3 Å². The summed E-state index contributed by atoms with van der Waals surface area (Å²) in [5.74, 6) is -0.354. The van der Waals surface area contributed by atoms with Crippen LogP contribution in [0.5, 0.6) is 0 Å². The Bertz CT molecular complexity index is 1140. The summed E-state index contributed by atoms with van der Waals surface area (Å²) in [5, 5.41) is 15.6. The van der Waals surface area contributed by atoms with Gasteiger partial charge in [0.25, 0.3) is 5.91 Å². The molecule has 29 heavy (non-hydrogen) atoms. The van der Waals surface area contributed by atoms with Crippen molar-refractivity contribution < 1.29 is 4.79 Å². The molecule has 4 aromatic rings. The quantitative estimate of drug-likeness (QED) is 0.438. The number of carbonyl (C=O) groups excluding carboxylic acids is 1. The number of benzene rings is 2. The molecule has 0 fully saturated rings. The van der Waals surface area contributed by atoms with E-state index < -0.39 is 0 Å². The van der Waals surface area contributed by atoms with Crippen LogP contribution in [0.1, 0.15) is 16.1 Å². The summed E-state index contributed by atoms with van der Waals surface area (Å²) in [6.45, 7) is 0.594. The molecule has 0 radical (unpaired) electrons. The van der Waals surface area contributed by atoms with Crippen LogP contribution >= 0.6 is 22.9 Å². The summed E-state index contributed by atoms with van der Waals surface area (Å²) in [4.78, 5) is 12.6. The number of amides is 1. The van der Waals surface area contributed by atoms with E-state index >= 15 is 0 Å². The standard InChI is InChI=1S/C21H18ClN5OS/c22-17-3-1-2-14(10-17)6-8-27-12-20(25-26-27)21(28)24-19-11-15(4-5-18(19)23)16-7-9-29-13-16/h1-5,7,9-13H,6,8,23H2,(H,24,28). The molecule has 0 atom stereocenters. The summed E-state index contributed by atoms with van der Waals surface area (Å²) >= 11 is 7.62. The van der Waals surface area contributed by atoms with Gasteiger partial charge in [-0.3, -0.25) is 9.48 Å². The predicted molar refractivity (Wildman–Crippen MR) is 117 cm³/mol. The number of carbonyl (C=O) groups is 1. The molecule has 3 N–H and O–H groups in total. The van der Waals surface area contributed by atoms with E-state index in [4.69, 9.17) is 17.3 Å². The fourth-order valence-electron chi connectivity index (χ4n) is 2.91. The first-order chi connectivity index (χ1) is 14.1. The first-order valence-electron chi connectivity index (χ1n) is 8.96. The summed E-state index contributed by atoms with van der Waals surface area (Å²) in [5.41, 5.74) is 10.5. The molecule has 8 heteroatoms. The summed E-state index contributed by atoms with van der Waals surface area (Å²) in [6.07, 6.45) is 2.36. The maximum absolute atomic E-state index is 12.6. The Morgan fingerprint density at radius 2 is 2.07 bits per heavy atom. The normalized spacial score (nSPS) is 10.8. The molecule has 2 aromatic heterocycles. The Labute approximate surface area is 176 Å². The number of nitrogen functional groups attached to an aromatic ring is 1. The van der Waals surface area contributed by atoms with Crippen LogP contribution in [0.4, 0.5) is 11.4 Å². The molecule has 2 heterocycles. The molecule has 1 amide bonds. The molecular weight excluding hydrogens is 406 g/mol. The minimum Gasteiger partial charge on any atom is -0.397 e. The molecule has 0 unspecified atom stereocenters. The zero-order valence-electron chi connectivity index (χ0n) is 15.4. The second-order valence-electron chi connectivity index (χ2n) is 6.51. The van der Waals surface area contributed by atoms with Crippen molar-refractivity contribution in [1.29, 1.82) is 0 Å². The van der Waals surface area contributed by atoms with Crippen molar-refractivity contribution in [1.82, 2.24) is 15.0 Å². The lowest BCUT2D eigenvalue weighted by atomic mass is 10.1. The predicted octanol–water partition coefficient (Wildman–Crippen LogP) is 4.74. The molecule has 0 aliphatic rings. The van der Waals surface area contributed by atoms with Crippen molar-refractivity contribution in [3.8, 4) is 11.1 Å². The molecular formula is C21H18ClN5OS. The second-order valence-corrected chi connectivity index (χ2v) is 7.73. The largest absolute Gasteiger partial charge is 0.397 e. The smallest absolute Gasteiger partial charge is 0.277 e. The SMILES string of the molecule is Nc1ccc(-c2ccsc2)cc1NC(=O)c1cn(CCc2cccc(Cl)c2)nn1. The van der Waals surface area contributed by atoms with E-state index in [1.54, 1.807) is 28.3 Å². The molecule has 0 aliphatic heterocycles. The van der Waals surface area contributed by atoms with Gasteiger partial charge in [0, 0.05) is 11.6 Å². The maximum Gasteiger partial charge on any atom is 0.277 e. The highest BCUT2D eigenvalue weighted by Gasteiger charge is 2.13. The molecule has 0 saturated heterocycles. The number of nitrogens with two attached hydrogens (primary N) is 1. The number of thiophene rings is 1. The molecule has 146 valence electrons. The average molecular weight is 424 g/mol. The Balaban J connectivity index is 1.43.